The Hall–Kier alpha value is -1.90. The zero-order chi connectivity index (χ0) is 17.4. The van der Waals surface area contributed by atoms with Crippen molar-refractivity contribution in [3.05, 3.63) is 24.0 Å². The fourth-order valence-electron chi connectivity index (χ4n) is 2.79. The molecule has 0 aliphatic heterocycles. The highest BCUT2D eigenvalue weighted by Gasteiger charge is 2.29. The summed E-state index contributed by atoms with van der Waals surface area (Å²) >= 11 is 3.38. The summed E-state index contributed by atoms with van der Waals surface area (Å²) < 4.78 is 6.26. The fraction of sp³-hybridized carbons (Fsp3) is 0.353. The van der Waals surface area contributed by atoms with E-state index in [2.05, 4.69) is 16.0 Å². The average molecular weight is 374 g/mol. The number of nitrogens with two attached hydrogens (primary N) is 2. The van der Waals surface area contributed by atoms with Crippen molar-refractivity contribution in [1.82, 2.24) is 15.0 Å². The highest BCUT2D eigenvalue weighted by molar-refractivity contribution is 8.01. The lowest BCUT2D eigenvalue weighted by Crippen LogP contribution is -1.96. The number of nitrogen functional groups attached to an aromatic ring is 2. The molecule has 0 radical (unpaired) electrons. The van der Waals surface area contributed by atoms with E-state index in [1.54, 1.807) is 42.6 Å². The minimum Gasteiger partial charge on any atom is -0.397 e. The molecule has 130 valence electrons. The topological polar surface area (TPSA) is 99.9 Å². The van der Waals surface area contributed by atoms with Crippen LogP contribution in [0.4, 0.5) is 11.6 Å². The Bertz CT molecular complexity index is 906. The molecule has 25 heavy (non-hydrogen) atoms. The number of pyridine rings is 1. The second-order valence-electron chi connectivity index (χ2n) is 6.03. The van der Waals surface area contributed by atoms with Crippen molar-refractivity contribution in [1.29, 1.82) is 0 Å². The molecule has 1 saturated carbocycles. The summed E-state index contributed by atoms with van der Waals surface area (Å²) in [6, 6.07) is 2.14. The van der Waals surface area contributed by atoms with Crippen LogP contribution in [-0.2, 0) is 4.74 Å². The van der Waals surface area contributed by atoms with Gasteiger partial charge in [0.1, 0.15) is 4.83 Å². The van der Waals surface area contributed by atoms with Gasteiger partial charge in [-0.15, -0.1) is 23.1 Å². The standard InChI is InChI=1S/C17H19N5OS2/c1-23-4-5-24-16-14(18)13-11(9-2-3-9)6-12(22-15(13)25-16)10-7-20-17(19)21-8-10/h6-9H,2-5,18H2,1H3,(H2,19,20,21). The van der Waals surface area contributed by atoms with Crippen LogP contribution >= 0.6 is 23.1 Å². The van der Waals surface area contributed by atoms with Gasteiger partial charge < -0.3 is 16.2 Å². The van der Waals surface area contributed by atoms with Crippen LogP contribution in [0.25, 0.3) is 21.5 Å². The second-order valence-corrected chi connectivity index (χ2v) is 8.39. The van der Waals surface area contributed by atoms with Gasteiger partial charge >= 0.3 is 0 Å². The molecule has 1 aliphatic rings. The van der Waals surface area contributed by atoms with E-state index in [0.29, 0.717) is 12.5 Å². The Morgan fingerprint density at radius 3 is 2.72 bits per heavy atom. The van der Waals surface area contributed by atoms with Gasteiger partial charge in [0.2, 0.25) is 5.95 Å². The lowest BCUT2D eigenvalue weighted by Gasteiger charge is -2.07. The van der Waals surface area contributed by atoms with Crippen LogP contribution in [0, 0.1) is 0 Å². The first-order chi connectivity index (χ1) is 12.2. The molecular formula is C17H19N5OS2. The molecule has 4 rings (SSSR count). The summed E-state index contributed by atoms with van der Waals surface area (Å²) in [5, 5.41) is 1.12. The number of hydrogen-bond donors (Lipinski definition) is 2. The van der Waals surface area contributed by atoms with Gasteiger partial charge in [0.15, 0.2) is 0 Å². The first-order valence-electron chi connectivity index (χ1n) is 8.10. The molecule has 0 amide bonds. The van der Waals surface area contributed by atoms with E-state index >= 15 is 0 Å². The normalized spacial score (nSPS) is 14.3. The highest BCUT2D eigenvalue weighted by atomic mass is 32.2. The first-order valence-corrected chi connectivity index (χ1v) is 9.90. The molecule has 1 fully saturated rings. The predicted molar refractivity (Wildman–Crippen MR) is 104 cm³/mol. The van der Waals surface area contributed by atoms with Crippen LogP contribution in [0.1, 0.15) is 24.3 Å². The Kier molecular flexibility index (Phi) is 4.49. The van der Waals surface area contributed by atoms with Crippen molar-refractivity contribution in [2.45, 2.75) is 23.0 Å². The van der Waals surface area contributed by atoms with Crippen molar-refractivity contribution < 1.29 is 4.74 Å². The minimum absolute atomic E-state index is 0.268. The van der Waals surface area contributed by atoms with Crippen molar-refractivity contribution in [3.8, 4) is 11.3 Å². The zero-order valence-corrected chi connectivity index (χ0v) is 15.5. The number of hydrogen-bond acceptors (Lipinski definition) is 8. The van der Waals surface area contributed by atoms with Crippen molar-refractivity contribution in [2.24, 2.45) is 0 Å². The third kappa shape index (κ3) is 3.29. The van der Waals surface area contributed by atoms with Crippen LogP contribution < -0.4 is 11.5 Å². The Balaban J connectivity index is 1.80. The molecule has 4 N–H and O–H groups in total. The monoisotopic (exact) mass is 373 g/mol. The number of fused-ring (bicyclic) bond motifs is 1. The lowest BCUT2D eigenvalue weighted by molar-refractivity contribution is 0.218. The molecule has 0 unspecified atom stereocenters. The Labute approximate surface area is 154 Å². The van der Waals surface area contributed by atoms with Crippen molar-refractivity contribution in [2.75, 3.05) is 30.9 Å². The summed E-state index contributed by atoms with van der Waals surface area (Å²) in [6.07, 6.45) is 5.85. The van der Waals surface area contributed by atoms with Gasteiger partial charge in [-0.25, -0.2) is 15.0 Å². The van der Waals surface area contributed by atoms with E-state index in [4.69, 9.17) is 21.2 Å². The van der Waals surface area contributed by atoms with Gasteiger partial charge in [-0.2, -0.15) is 0 Å². The largest absolute Gasteiger partial charge is 0.397 e. The summed E-state index contributed by atoms with van der Waals surface area (Å²) in [5.74, 6) is 1.72. The summed E-state index contributed by atoms with van der Waals surface area (Å²) in [7, 11) is 1.71. The molecular weight excluding hydrogens is 354 g/mol. The van der Waals surface area contributed by atoms with Gasteiger partial charge in [-0.3, -0.25) is 0 Å². The van der Waals surface area contributed by atoms with Crippen molar-refractivity contribution >= 4 is 45.0 Å². The molecule has 0 aromatic carbocycles. The molecule has 3 heterocycles. The van der Waals surface area contributed by atoms with Crippen LogP contribution in [-0.4, -0.2) is 34.4 Å². The number of ether oxygens (including phenoxy) is 1. The maximum absolute atomic E-state index is 6.46. The molecule has 6 nitrogen and oxygen atoms in total. The number of anilines is 2. The Morgan fingerprint density at radius 2 is 2.04 bits per heavy atom. The van der Waals surface area contributed by atoms with Crippen molar-refractivity contribution in [3.63, 3.8) is 0 Å². The third-order valence-corrected chi connectivity index (χ3v) is 6.55. The van der Waals surface area contributed by atoms with E-state index in [9.17, 15) is 0 Å². The maximum atomic E-state index is 6.46. The molecule has 8 heteroatoms. The van der Waals surface area contributed by atoms with E-state index in [-0.39, 0.29) is 5.95 Å². The number of rotatable bonds is 6. The molecule has 0 spiro atoms. The zero-order valence-electron chi connectivity index (χ0n) is 13.9. The highest BCUT2D eigenvalue weighted by Crippen LogP contribution is 2.49. The van der Waals surface area contributed by atoms with Gasteiger partial charge in [0.25, 0.3) is 0 Å². The quantitative estimate of drug-likeness (QED) is 0.503. The van der Waals surface area contributed by atoms with Crippen LogP contribution in [0.3, 0.4) is 0 Å². The van der Waals surface area contributed by atoms with E-state index in [1.165, 1.54) is 18.4 Å². The Morgan fingerprint density at radius 1 is 1.28 bits per heavy atom. The lowest BCUT2D eigenvalue weighted by atomic mass is 10.0. The molecule has 3 aromatic rings. The molecule has 0 atom stereocenters. The van der Waals surface area contributed by atoms with Gasteiger partial charge in [0.05, 0.1) is 22.2 Å². The average Bonchev–Trinajstić information content (AvgIpc) is 3.41. The maximum Gasteiger partial charge on any atom is 0.219 e. The fourth-order valence-corrected chi connectivity index (χ4v) is 5.07. The number of thiophene rings is 1. The van der Waals surface area contributed by atoms with Crippen LogP contribution in [0.15, 0.2) is 22.7 Å². The second kappa shape index (κ2) is 6.78. The molecule has 3 aromatic heterocycles. The van der Waals surface area contributed by atoms with Gasteiger partial charge in [-0.05, 0) is 30.4 Å². The smallest absolute Gasteiger partial charge is 0.219 e. The number of methoxy groups -OCH3 is 1. The van der Waals surface area contributed by atoms with Crippen LogP contribution in [0.5, 0.6) is 0 Å². The summed E-state index contributed by atoms with van der Waals surface area (Å²) in [5.41, 5.74) is 16.0. The molecule has 0 saturated heterocycles. The SMILES string of the molecule is COCCSc1sc2nc(-c3cnc(N)nc3)cc(C3CC3)c2c1N. The summed E-state index contributed by atoms with van der Waals surface area (Å²) in [4.78, 5) is 14.0. The van der Waals surface area contributed by atoms with E-state index in [1.807, 2.05) is 0 Å². The number of thioether (sulfide) groups is 1. The van der Waals surface area contributed by atoms with Gasteiger partial charge in [-0.1, -0.05) is 0 Å². The first kappa shape index (κ1) is 16.6. The number of nitrogens with zero attached hydrogens (tertiary/aromatic N) is 3. The predicted octanol–water partition coefficient (Wildman–Crippen LogP) is 3.53. The minimum atomic E-state index is 0.268. The van der Waals surface area contributed by atoms with E-state index in [0.717, 1.165) is 37.1 Å². The summed E-state index contributed by atoms with van der Waals surface area (Å²) in [6.45, 7) is 0.704. The van der Waals surface area contributed by atoms with Gasteiger partial charge in [0, 0.05) is 36.2 Å². The van der Waals surface area contributed by atoms with E-state index < -0.39 is 0 Å². The molecule has 0 bridgehead atoms. The number of aromatic nitrogens is 3. The van der Waals surface area contributed by atoms with Crippen LogP contribution in [0.2, 0.25) is 0 Å². The third-order valence-electron chi connectivity index (χ3n) is 4.20. The molecule has 1 aliphatic carbocycles.